The summed E-state index contributed by atoms with van der Waals surface area (Å²) in [5, 5.41) is -0.580. The molecular formula is C24H22FNO4S. The Kier molecular flexibility index (Phi) is 6.04. The van der Waals surface area contributed by atoms with Crippen LogP contribution in [0.25, 0.3) is 0 Å². The molecular weight excluding hydrogens is 417 g/mol. The molecule has 0 atom stereocenters. The first-order chi connectivity index (χ1) is 14.9. The molecule has 0 radical (unpaired) electrons. The second-order valence-corrected chi connectivity index (χ2v) is 9.66. The number of carbonyl (C=O) groups excluding carboxylic acids is 1. The normalized spacial score (nSPS) is 14.9. The van der Waals surface area contributed by atoms with Gasteiger partial charge in [-0.1, -0.05) is 18.2 Å². The Morgan fingerprint density at radius 2 is 1.42 bits per heavy atom. The molecule has 1 aliphatic heterocycles. The van der Waals surface area contributed by atoms with E-state index in [1.807, 2.05) is 30.3 Å². The van der Waals surface area contributed by atoms with Crippen molar-refractivity contribution in [2.75, 3.05) is 13.1 Å². The highest BCUT2D eigenvalue weighted by atomic mass is 32.2. The molecule has 5 nitrogen and oxygen atoms in total. The van der Waals surface area contributed by atoms with Crippen LogP contribution in [-0.2, 0) is 9.84 Å². The Hall–Kier alpha value is -3.19. The molecule has 7 heteroatoms. The lowest BCUT2D eigenvalue weighted by Gasteiger charge is -2.31. The van der Waals surface area contributed by atoms with Crippen LogP contribution in [0.1, 0.15) is 23.2 Å². The zero-order valence-electron chi connectivity index (χ0n) is 16.8. The van der Waals surface area contributed by atoms with E-state index < -0.39 is 20.9 Å². The van der Waals surface area contributed by atoms with Crippen molar-refractivity contribution < 1.29 is 22.3 Å². The zero-order valence-corrected chi connectivity index (χ0v) is 17.6. The van der Waals surface area contributed by atoms with Crippen molar-refractivity contribution >= 4 is 15.7 Å². The number of amides is 1. The van der Waals surface area contributed by atoms with Crippen LogP contribution >= 0.6 is 0 Å². The maximum Gasteiger partial charge on any atom is 0.253 e. The minimum Gasteiger partial charge on any atom is -0.457 e. The number of hydrogen-bond donors (Lipinski definition) is 0. The van der Waals surface area contributed by atoms with Gasteiger partial charge in [0, 0.05) is 18.7 Å². The van der Waals surface area contributed by atoms with Gasteiger partial charge in [0.1, 0.15) is 17.3 Å². The van der Waals surface area contributed by atoms with Crippen LogP contribution in [0.2, 0.25) is 0 Å². The fourth-order valence-corrected chi connectivity index (χ4v) is 5.39. The molecule has 0 bridgehead atoms. The molecule has 1 saturated heterocycles. The SMILES string of the molecule is O=C(c1ccc(Oc2ccccc2)cc1)N1CCC(S(=O)(=O)c2ccc(F)cc2)CC1. The number of para-hydroxylation sites is 1. The summed E-state index contributed by atoms with van der Waals surface area (Å²) in [6.07, 6.45) is 0.696. The first kappa shape index (κ1) is 21.1. The average Bonchev–Trinajstić information content (AvgIpc) is 2.80. The van der Waals surface area contributed by atoms with Crippen LogP contribution in [0, 0.1) is 5.82 Å². The first-order valence-corrected chi connectivity index (χ1v) is 11.6. The van der Waals surface area contributed by atoms with Crippen LogP contribution < -0.4 is 4.74 Å². The molecule has 0 aromatic heterocycles. The molecule has 160 valence electrons. The summed E-state index contributed by atoms with van der Waals surface area (Å²) in [5.41, 5.74) is 0.528. The number of piperidine rings is 1. The average molecular weight is 440 g/mol. The number of ether oxygens (including phenoxy) is 1. The summed E-state index contributed by atoms with van der Waals surface area (Å²) in [6.45, 7) is 0.707. The maximum absolute atomic E-state index is 13.1. The number of benzene rings is 3. The van der Waals surface area contributed by atoms with Gasteiger partial charge in [-0.25, -0.2) is 12.8 Å². The summed E-state index contributed by atoms with van der Waals surface area (Å²) in [4.78, 5) is 14.6. The Balaban J connectivity index is 1.37. The number of halogens is 1. The molecule has 3 aromatic carbocycles. The number of sulfone groups is 1. The number of carbonyl (C=O) groups is 1. The highest BCUT2D eigenvalue weighted by molar-refractivity contribution is 7.92. The molecule has 1 heterocycles. The van der Waals surface area contributed by atoms with Crippen LogP contribution in [0.5, 0.6) is 11.5 Å². The monoisotopic (exact) mass is 439 g/mol. The first-order valence-electron chi connectivity index (χ1n) is 10.1. The van der Waals surface area contributed by atoms with Gasteiger partial charge < -0.3 is 9.64 Å². The molecule has 1 fully saturated rings. The highest BCUT2D eigenvalue weighted by Crippen LogP contribution is 2.26. The molecule has 0 aliphatic carbocycles. The summed E-state index contributed by atoms with van der Waals surface area (Å²) < 4.78 is 44.4. The van der Waals surface area contributed by atoms with Gasteiger partial charge in [0.05, 0.1) is 10.1 Å². The minimum atomic E-state index is -3.55. The van der Waals surface area contributed by atoms with Crippen LogP contribution in [0.4, 0.5) is 4.39 Å². The third-order valence-electron chi connectivity index (χ3n) is 5.39. The molecule has 0 unspecified atom stereocenters. The van der Waals surface area contributed by atoms with E-state index in [1.165, 1.54) is 12.1 Å². The lowest BCUT2D eigenvalue weighted by atomic mass is 10.1. The number of rotatable bonds is 5. The molecule has 0 N–H and O–H groups in total. The van der Waals surface area contributed by atoms with E-state index in [9.17, 15) is 17.6 Å². The molecule has 0 spiro atoms. The predicted octanol–water partition coefficient (Wildman–Crippen LogP) is 4.70. The van der Waals surface area contributed by atoms with Crippen molar-refractivity contribution in [3.8, 4) is 11.5 Å². The summed E-state index contributed by atoms with van der Waals surface area (Å²) in [7, 11) is -3.55. The summed E-state index contributed by atoms with van der Waals surface area (Å²) in [5.74, 6) is 0.737. The Morgan fingerprint density at radius 1 is 0.839 bits per heavy atom. The molecule has 1 aliphatic rings. The van der Waals surface area contributed by atoms with Crippen molar-refractivity contribution in [3.05, 3.63) is 90.2 Å². The Labute approximate surface area is 181 Å². The predicted molar refractivity (Wildman–Crippen MR) is 115 cm³/mol. The van der Waals surface area contributed by atoms with E-state index in [2.05, 4.69) is 0 Å². The Morgan fingerprint density at radius 3 is 2.03 bits per heavy atom. The number of hydrogen-bond acceptors (Lipinski definition) is 4. The third kappa shape index (κ3) is 4.77. The molecule has 31 heavy (non-hydrogen) atoms. The topological polar surface area (TPSA) is 63.7 Å². The third-order valence-corrected chi connectivity index (χ3v) is 7.67. The van der Waals surface area contributed by atoms with Gasteiger partial charge in [-0.05, 0) is 73.5 Å². The summed E-state index contributed by atoms with van der Waals surface area (Å²) in [6, 6.07) is 21.2. The van der Waals surface area contributed by atoms with E-state index >= 15 is 0 Å². The van der Waals surface area contributed by atoms with E-state index in [1.54, 1.807) is 29.2 Å². The van der Waals surface area contributed by atoms with Crippen molar-refractivity contribution in [3.63, 3.8) is 0 Å². The number of nitrogens with zero attached hydrogens (tertiary/aromatic N) is 1. The maximum atomic E-state index is 13.1. The fraction of sp³-hybridized carbons (Fsp3) is 0.208. The van der Waals surface area contributed by atoms with Gasteiger partial charge in [0.15, 0.2) is 9.84 Å². The van der Waals surface area contributed by atoms with Crippen LogP contribution in [0.15, 0.2) is 83.8 Å². The molecule has 0 saturated carbocycles. The van der Waals surface area contributed by atoms with Crippen molar-refractivity contribution in [1.82, 2.24) is 4.90 Å². The number of likely N-dealkylation sites (tertiary alicyclic amines) is 1. The van der Waals surface area contributed by atoms with Crippen molar-refractivity contribution in [2.24, 2.45) is 0 Å². The van der Waals surface area contributed by atoms with Gasteiger partial charge in [-0.2, -0.15) is 0 Å². The standard InChI is InChI=1S/C24H22FNO4S/c25-19-8-12-22(13-9-19)31(28,29)23-14-16-26(17-15-23)24(27)18-6-10-21(11-7-18)30-20-4-2-1-3-5-20/h1-13,23H,14-17H2. The summed E-state index contributed by atoms with van der Waals surface area (Å²) >= 11 is 0. The highest BCUT2D eigenvalue weighted by Gasteiger charge is 2.33. The quantitative estimate of drug-likeness (QED) is 0.541. The molecule has 4 rings (SSSR count). The molecule has 3 aromatic rings. The second kappa shape index (κ2) is 8.89. The fourth-order valence-electron chi connectivity index (χ4n) is 3.66. The Bertz CT molecular complexity index is 1140. The van der Waals surface area contributed by atoms with Gasteiger partial charge in [-0.15, -0.1) is 0 Å². The van der Waals surface area contributed by atoms with Crippen LogP contribution in [-0.4, -0.2) is 37.6 Å². The van der Waals surface area contributed by atoms with E-state index in [0.29, 0.717) is 43.0 Å². The van der Waals surface area contributed by atoms with E-state index in [-0.39, 0.29) is 10.8 Å². The lowest BCUT2D eigenvalue weighted by Crippen LogP contribution is -2.42. The van der Waals surface area contributed by atoms with Gasteiger partial charge >= 0.3 is 0 Å². The van der Waals surface area contributed by atoms with Crippen molar-refractivity contribution in [1.29, 1.82) is 0 Å². The second-order valence-electron chi connectivity index (χ2n) is 7.43. The van der Waals surface area contributed by atoms with E-state index in [4.69, 9.17) is 4.74 Å². The minimum absolute atomic E-state index is 0.118. The van der Waals surface area contributed by atoms with Crippen LogP contribution in [0.3, 0.4) is 0 Å². The van der Waals surface area contributed by atoms with E-state index in [0.717, 1.165) is 12.1 Å². The largest absolute Gasteiger partial charge is 0.457 e. The van der Waals surface area contributed by atoms with Gasteiger partial charge in [0.2, 0.25) is 0 Å². The lowest BCUT2D eigenvalue weighted by molar-refractivity contribution is 0.0725. The van der Waals surface area contributed by atoms with Crippen molar-refractivity contribution in [2.45, 2.75) is 23.0 Å². The van der Waals surface area contributed by atoms with Gasteiger partial charge in [0.25, 0.3) is 5.91 Å². The smallest absolute Gasteiger partial charge is 0.253 e. The molecule has 1 amide bonds. The zero-order chi connectivity index (χ0) is 21.8. The van der Waals surface area contributed by atoms with Gasteiger partial charge in [-0.3, -0.25) is 4.79 Å².